The molecule has 32 heavy (non-hydrogen) atoms. The lowest BCUT2D eigenvalue weighted by Crippen LogP contribution is -2.39. The number of aliphatic carboxylic acids is 1. The molecule has 0 radical (unpaired) electrons. The molecule has 1 N–H and O–H groups in total. The van der Waals surface area contributed by atoms with E-state index in [1.807, 2.05) is 6.20 Å². The number of carboxylic acids is 1. The van der Waals surface area contributed by atoms with Crippen LogP contribution >= 0.6 is 11.8 Å². The maximum atomic E-state index is 13.8. The van der Waals surface area contributed by atoms with Crippen LogP contribution in [0.2, 0.25) is 0 Å². The van der Waals surface area contributed by atoms with Crippen LogP contribution in [0.5, 0.6) is 0 Å². The standard InChI is InChI=1S/C24H27F4NO2S/c25-21-13-15(6-8-20(21)24(26,27)28)3-2-10-32-22-19(23(30)31)4-1-9-29(22)14-18-12-16-5-7-17(18)11-16/h1,4,6,8-9,13,16-18,22H,2-3,5,7,10-12,14H2,(H,30,31). The fourth-order valence-electron chi connectivity index (χ4n) is 5.40. The van der Waals surface area contributed by atoms with Gasteiger partial charge in [-0.2, -0.15) is 13.2 Å². The summed E-state index contributed by atoms with van der Waals surface area (Å²) in [6.45, 7) is 0.851. The maximum absolute atomic E-state index is 13.8. The molecule has 0 spiro atoms. The normalized spacial score (nSPS) is 27.1. The fourth-order valence-corrected chi connectivity index (χ4v) is 6.64. The van der Waals surface area contributed by atoms with Crippen LogP contribution in [-0.4, -0.2) is 33.6 Å². The third-order valence-corrected chi connectivity index (χ3v) is 8.29. The van der Waals surface area contributed by atoms with Gasteiger partial charge in [0.1, 0.15) is 11.2 Å². The van der Waals surface area contributed by atoms with Crippen LogP contribution in [0.1, 0.15) is 43.2 Å². The first kappa shape index (κ1) is 23.2. The predicted molar refractivity (Wildman–Crippen MR) is 116 cm³/mol. The van der Waals surface area contributed by atoms with Crippen molar-refractivity contribution in [3.63, 3.8) is 0 Å². The summed E-state index contributed by atoms with van der Waals surface area (Å²) in [6, 6.07) is 3.04. The fraction of sp³-hybridized carbons (Fsp3) is 0.542. The van der Waals surface area contributed by atoms with Gasteiger partial charge in [-0.15, -0.1) is 11.8 Å². The van der Waals surface area contributed by atoms with Crippen molar-refractivity contribution in [2.45, 2.75) is 50.1 Å². The van der Waals surface area contributed by atoms with E-state index in [9.17, 15) is 27.5 Å². The quantitative estimate of drug-likeness (QED) is 0.368. The van der Waals surface area contributed by atoms with Gasteiger partial charge in [-0.3, -0.25) is 0 Å². The topological polar surface area (TPSA) is 40.5 Å². The zero-order chi connectivity index (χ0) is 22.9. The van der Waals surface area contributed by atoms with E-state index in [0.717, 1.165) is 30.5 Å². The summed E-state index contributed by atoms with van der Waals surface area (Å²) in [5.74, 6) is 0.600. The maximum Gasteiger partial charge on any atom is 0.419 e. The number of hydrogen-bond donors (Lipinski definition) is 1. The van der Waals surface area contributed by atoms with Crippen molar-refractivity contribution < 1.29 is 27.5 Å². The van der Waals surface area contributed by atoms with Gasteiger partial charge in [0.05, 0.1) is 11.1 Å². The van der Waals surface area contributed by atoms with Gasteiger partial charge < -0.3 is 10.0 Å². The molecule has 174 valence electrons. The molecule has 1 aromatic rings. The molecule has 3 aliphatic rings. The van der Waals surface area contributed by atoms with Gasteiger partial charge in [-0.25, -0.2) is 9.18 Å². The Labute approximate surface area is 189 Å². The number of fused-ring (bicyclic) bond motifs is 2. The third-order valence-electron chi connectivity index (χ3n) is 6.92. The van der Waals surface area contributed by atoms with Crippen molar-refractivity contribution in [1.29, 1.82) is 0 Å². The number of alkyl halides is 3. The second-order valence-electron chi connectivity index (χ2n) is 9.04. The molecule has 0 amide bonds. The van der Waals surface area contributed by atoms with Crippen LogP contribution in [0.3, 0.4) is 0 Å². The molecule has 1 aromatic carbocycles. The molecule has 8 heteroatoms. The number of benzene rings is 1. The molecule has 2 saturated carbocycles. The Bertz CT molecular complexity index is 914. The SMILES string of the molecule is O=C(O)C1=CC=CN(CC2CC3CCC2C3)C1SCCCc1ccc(C(F)(F)F)c(F)c1. The number of carboxylic acid groups (broad SMARTS) is 1. The molecule has 0 aromatic heterocycles. The first-order valence-electron chi connectivity index (χ1n) is 11.1. The van der Waals surface area contributed by atoms with Crippen LogP contribution in [0.4, 0.5) is 17.6 Å². The molecule has 2 aliphatic carbocycles. The summed E-state index contributed by atoms with van der Waals surface area (Å²) in [5, 5.41) is 9.38. The van der Waals surface area contributed by atoms with Gasteiger partial charge in [-0.05, 0) is 85.5 Å². The lowest BCUT2D eigenvalue weighted by Gasteiger charge is -2.36. The summed E-state index contributed by atoms with van der Waals surface area (Å²) in [5.41, 5.74) is -0.397. The second kappa shape index (κ2) is 9.49. The monoisotopic (exact) mass is 469 g/mol. The smallest absolute Gasteiger partial charge is 0.419 e. The molecule has 0 saturated heterocycles. The van der Waals surface area contributed by atoms with E-state index in [-0.39, 0.29) is 5.37 Å². The molecule has 3 nitrogen and oxygen atoms in total. The predicted octanol–water partition coefficient (Wildman–Crippen LogP) is 6.11. The zero-order valence-electron chi connectivity index (χ0n) is 17.7. The highest BCUT2D eigenvalue weighted by atomic mass is 32.2. The number of halogens is 4. The third kappa shape index (κ3) is 5.16. The van der Waals surface area contributed by atoms with Crippen molar-refractivity contribution in [3.8, 4) is 0 Å². The highest BCUT2D eigenvalue weighted by molar-refractivity contribution is 8.00. The van der Waals surface area contributed by atoms with Gasteiger partial charge in [-0.1, -0.05) is 12.5 Å². The summed E-state index contributed by atoms with van der Waals surface area (Å²) < 4.78 is 51.9. The number of allylic oxidation sites excluding steroid dienone is 2. The van der Waals surface area contributed by atoms with Gasteiger partial charge >= 0.3 is 12.1 Å². The number of nitrogens with zero attached hydrogens (tertiary/aromatic N) is 1. The Morgan fingerprint density at radius 3 is 2.66 bits per heavy atom. The summed E-state index contributed by atoms with van der Waals surface area (Å²) in [7, 11) is 0. The number of thioether (sulfide) groups is 1. The van der Waals surface area contributed by atoms with E-state index in [2.05, 4.69) is 4.90 Å². The van der Waals surface area contributed by atoms with E-state index in [1.54, 1.807) is 12.2 Å². The zero-order valence-corrected chi connectivity index (χ0v) is 18.5. The molecule has 4 atom stereocenters. The molecular weight excluding hydrogens is 442 g/mol. The molecule has 2 bridgehead atoms. The average molecular weight is 470 g/mol. The summed E-state index contributed by atoms with van der Waals surface area (Å²) in [6.07, 6.45) is 6.87. The van der Waals surface area contributed by atoms with Crippen molar-refractivity contribution in [2.75, 3.05) is 12.3 Å². The van der Waals surface area contributed by atoms with Crippen LogP contribution in [-0.2, 0) is 17.4 Å². The van der Waals surface area contributed by atoms with Gasteiger partial charge in [0, 0.05) is 12.7 Å². The average Bonchev–Trinajstić information content (AvgIpc) is 3.34. The molecular formula is C24H27F4NO2S. The highest BCUT2D eigenvalue weighted by Crippen LogP contribution is 2.49. The minimum Gasteiger partial charge on any atom is -0.478 e. The lowest BCUT2D eigenvalue weighted by molar-refractivity contribution is -0.140. The minimum absolute atomic E-state index is 0.291. The van der Waals surface area contributed by atoms with Crippen LogP contribution in [0, 0.1) is 23.6 Å². The Kier molecular flexibility index (Phi) is 6.89. The van der Waals surface area contributed by atoms with Crippen molar-refractivity contribution in [2.24, 2.45) is 17.8 Å². The Balaban J connectivity index is 1.34. The van der Waals surface area contributed by atoms with Gasteiger partial charge in [0.2, 0.25) is 0 Å². The first-order chi connectivity index (χ1) is 15.2. The van der Waals surface area contributed by atoms with Crippen LogP contribution < -0.4 is 0 Å². The number of rotatable bonds is 8. The molecule has 1 heterocycles. The van der Waals surface area contributed by atoms with Gasteiger partial charge in [0.15, 0.2) is 0 Å². The van der Waals surface area contributed by atoms with E-state index >= 15 is 0 Å². The largest absolute Gasteiger partial charge is 0.478 e. The second-order valence-corrected chi connectivity index (χ2v) is 10.2. The van der Waals surface area contributed by atoms with Crippen molar-refractivity contribution >= 4 is 17.7 Å². The van der Waals surface area contributed by atoms with E-state index in [0.29, 0.717) is 35.6 Å². The lowest BCUT2D eigenvalue weighted by atomic mass is 9.88. The molecule has 2 fully saturated rings. The first-order valence-corrected chi connectivity index (χ1v) is 12.1. The summed E-state index contributed by atoms with van der Waals surface area (Å²) >= 11 is 1.53. The molecule has 4 unspecified atom stereocenters. The van der Waals surface area contributed by atoms with Gasteiger partial charge in [0.25, 0.3) is 0 Å². The van der Waals surface area contributed by atoms with Crippen LogP contribution in [0.25, 0.3) is 0 Å². The number of carbonyl (C=O) groups is 1. The Hall–Kier alpha value is -1.96. The van der Waals surface area contributed by atoms with Crippen molar-refractivity contribution in [1.82, 2.24) is 4.90 Å². The van der Waals surface area contributed by atoms with E-state index in [1.165, 1.54) is 43.5 Å². The van der Waals surface area contributed by atoms with E-state index in [4.69, 9.17) is 0 Å². The van der Waals surface area contributed by atoms with Crippen LogP contribution in [0.15, 0.2) is 42.1 Å². The van der Waals surface area contributed by atoms with E-state index < -0.39 is 23.5 Å². The number of aryl methyl sites for hydroxylation is 1. The Morgan fingerprint density at radius 1 is 1.22 bits per heavy atom. The molecule has 4 rings (SSSR count). The summed E-state index contributed by atoms with van der Waals surface area (Å²) in [4.78, 5) is 13.9. The highest BCUT2D eigenvalue weighted by Gasteiger charge is 2.41. The van der Waals surface area contributed by atoms with Crippen molar-refractivity contribution in [3.05, 3.63) is 59.1 Å². The number of hydrogen-bond acceptors (Lipinski definition) is 3. The molecule has 1 aliphatic heterocycles. The minimum atomic E-state index is -4.70. The Morgan fingerprint density at radius 2 is 2.03 bits per heavy atom.